The van der Waals surface area contributed by atoms with Crippen LogP contribution in [0.3, 0.4) is 0 Å². The Morgan fingerprint density at radius 2 is 1.67 bits per heavy atom. The third-order valence-electron chi connectivity index (χ3n) is 3.01. The first kappa shape index (κ1) is 17.4. The molecular weight excluding hydrogens is 266 g/mol. The summed E-state index contributed by atoms with van der Waals surface area (Å²) in [6, 6.07) is 0. The van der Waals surface area contributed by atoms with Crippen molar-refractivity contribution in [3.05, 3.63) is 18.0 Å². The van der Waals surface area contributed by atoms with Crippen LogP contribution in [0.1, 0.15) is 37.0 Å². The van der Waals surface area contributed by atoms with E-state index in [0.717, 1.165) is 32.5 Å². The molecule has 1 aromatic rings. The lowest BCUT2D eigenvalue weighted by Gasteiger charge is -2.21. The number of nitrogens with zero attached hydrogens (tertiary/aromatic N) is 4. The Morgan fingerprint density at radius 1 is 1.10 bits per heavy atom. The van der Waals surface area contributed by atoms with Crippen molar-refractivity contribution in [2.75, 3.05) is 45.2 Å². The second-order valence-corrected chi connectivity index (χ2v) is 5.32. The van der Waals surface area contributed by atoms with E-state index in [2.05, 4.69) is 34.0 Å². The van der Waals surface area contributed by atoms with E-state index in [9.17, 15) is 4.79 Å². The molecule has 6 heteroatoms. The molecule has 1 heterocycles. The highest BCUT2D eigenvalue weighted by molar-refractivity contribution is 5.93. The Balaban J connectivity index is 2.61. The number of anilines is 1. The quantitative estimate of drug-likeness (QED) is 0.745. The zero-order valence-corrected chi connectivity index (χ0v) is 13.6. The van der Waals surface area contributed by atoms with Crippen molar-refractivity contribution in [2.45, 2.75) is 26.7 Å². The van der Waals surface area contributed by atoms with Gasteiger partial charge in [0.15, 0.2) is 0 Å². The third-order valence-corrected chi connectivity index (χ3v) is 3.01. The van der Waals surface area contributed by atoms with Crippen LogP contribution in [0.15, 0.2) is 12.4 Å². The van der Waals surface area contributed by atoms with Crippen molar-refractivity contribution in [3.63, 3.8) is 0 Å². The van der Waals surface area contributed by atoms with Gasteiger partial charge >= 0.3 is 0 Å². The number of carbonyl (C=O) groups excluding carboxylic acids is 1. The Kier molecular flexibility index (Phi) is 7.68. The van der Waals surface area contributed by atoms with Crippen molar-refractivity contribution in [2.24, 2.45) is 0 Å². The number of carbonyl (C=O) groups is 1. The van der Waals surface area contributed by atoms with Gasteiger partial charge in [-0.05, 0) is 26.9 Å². The standard InChI is InChI=1S/C15H27N5O/c1-5-8-20(9-6-2)15-17-11-13(12-18-15)14(21)16-7-10-19(3)4/h11-12H,5-10H2,1-4H3,(H,16,21). The summed E-state index contributed by atoms with van der Waals surface area (Å²) in [4.78, 5) is 24.8. The second kappa shape index (κ2) is 9.28. The molecule has 0 aliphatic carbocycles. The number of aromatic nitrogens is 2. The summed E-state index contributed by atoms with van der Waals surface area (Å²) in [6.45, 7) is 7.56. The molecule has 0 unspecified atom stereocenters. The lowest BCUT2D eigenvalue weighted by Crippen LogP contribution is -2.32. The minimum absolute atomic E-state index is 0.124. The van der Waals surface area contributed by atoms with Crippen LogP contribution in [0.2, 0.25) is 0 Å². The zero-order chi connectivity index (χ0) is 15.7. The lowest BCUT2D eigenvalue weighted by molar-refractivity contribution is 0.0950. The summed E-state index contributed by atoms with van der Waals surface area (Å²) in [5.41, 5.74) is 0.505. The summed E-state index contributed by atoms with van der Waals surface area (Å²) in [6.07, 6.45) is 5.31. The molecule has 0 radical (unpaired) electrons. The fourth-order valence-corrected chi connectivity index (χ4v) is 1.95. The van der Waals surface area contributed by atoms with Crippen molar-refractivity contribution >= 4 is 11.9 Å². The van der Waals surface area contributed by atoms with Gasteiger partial charge in [-0.3, -0.25) is 4.79 Å². The molecule has 0 spiro atoms. The van der Waals surface area contributed by atoms with Gasteiger partial charge in [0, 0.05) is 38.6 Å². The summed E-state index contributed by atoms with van der Waals surface area (Å²) in [5.74, 6) is 0.574. The summed E-state index contributed by atoms with van der Waals surface area (Å²) in [5, 5.41) is 2.86. The van der Waals surface area contributed by atoms with Gasteiger partial charge < -0.3 is 15.1 Å². The van der Waals surface area contributed by atoms with E-state index in [1.807, 2.05) is 19.0 Å². The Hall–Kier alpha value is -1.69. The normalized spacial score (nSPS) is 10.7. The van der Waals surface area contributed by atoms with Gasteiger partial charge in [-0.15, -0.1) is 0 Å². The van der Waals surface area contributed by atoms with E-state index < -0.39 is 0 Å². The monoisotopic (exact) mass is 293 g/mol. The molecule has 0 fully saturated rings. The Labute approximate surface area is 127 Å². The molecular formula is C15H27N5O. The summed E-state index contributed by atoms with van der Waals surface area (Å²) in [7, 11) is 3.94. The third kappa shape index (κ3) is 6.08. The number of rotatable bonds is 9. The second-order valence-electron chi connectivity index (χ2n) is 5.32. The number of nitrogens with one attached hydrogen (secondary N) is 1. The molecule has 0 bridgehead atoms. The maximum atomic E-state index is 11.9. The van der Waals surface area contributed by atoms with Crippen LogP contribution >= 0.6 is 0 Å². The van der Waals surface area contributed by atoms with Crippen molar-refractivity contribution in [1.29, 1.82) is 0 Å². The predicted molar refractivity (Wildman–Crippen MR) is 85.7 cm³/mol. The molecule has 0 aromatic carbocycles. The molecule has 21 heavy (non-hydrogen) atoms. The molecule has 1 aromatic heterocycles. The maximum absolute atomic E-state index is 11.9. The fourth-order valence-electron chi connectivity index (χ4n) is 1.95. The van der Waals surface area contributed by atoms with E-state index in [4.69, 9.17) is 0 Å². The largest absolute Gasteiger partial charge is 0.351 e. The van der Waals surface area contributed by atoms with Crippen molar-refractivity contribution in [3.8, 4) is 0 Å². The van der Waals surface area contributed by atoms with E-state index in [0.29, 0.717) is 18.1 Å². The van der Waals surface area contributed by atoms with Crippen LogP contribution in [0, 0.1) is 0 Å². The first-order valence-electron chi connectivity index (χ1n) is 7.58. The fraction of sp³-hybridized carbons (Fsp3) is 0.667. The lowest BCUT2D eigenvalue weighted by atomic mass is 10.3. The van der Waals surface area contributed by atoms with E-state index in [1.165, 1.54) is 0 Å². The molecule has 0 atom stereocenters. The van der Waals surface area contributed by atoms with Crippen molar-refractivity contribution in [1.82, 2.24) is 20.2 Å². The Bertz CT molecular complexity index is 413. The molecule has 0 saturated carbocycles. The average molecular weight is 293 g/mol. The van der Waals surface area contributed by atoms with Gasteiger partial charge in [0.1, 0.15) is 0 Å². The first-order valence-corrected chi connectivity index (χ1v) is 7.58. The number of amides is 1. The first-order chi connectivity index (χ1) is 10.1. The smallest absolute Gasteiger partial charge is 0.254 e. The van der Waals surface area contributed by atoms with Gasteiger partial charge in [-0.25, -0.2) is 9.97 Å². The van der Waals surface area contributed by atoms with E-state index >= 15 is 0 Å². The molecule has 1 rings (SSSR count). The molecule has 118 valence electrons. The molecule has 1 N–H and O–H groups in total. The highest BCUT2D eigenvalue weighted by atomic mass is 16.1. The van der Waals surface area contributed by atoms with Gasteiger partial charge in [-0.2, -0.15) is 0 Å². The summed E-state index contributed by atoms with van der Waals surface area (Å²) < 4.78 is 0. The molecule has 0 saturated heterocycles. The number of likely N-dealkylation sites (N-methyl/N-ethyl adjacent to an activating group) is 1. The van der Waals surface area contributed by atoms with Crippen LogP contribution in [-0.4, -0.2) is 61.0 Å². The van der Waals surface area contributed by atoms with Crippen LogP contribution in [0.5, 0.6) is 0 Å². The molecule has 1 amide bonds. The van der Waals surface area contributed by atoms with Crippen LogP contribution < -0.4 is 10.2 Å². The van der Waals surface area contributed by atoms with Gasteiger partial charge in [0.25, 0.3) is 5.91 Å². The summed E-state index contributed by atoms with van der Waals surface area (Å²) >= 11 is 0. The van der Waals surface area contributed by atoms with Gasteiger partial charge in [-0.1, -0.05) is 13.8 Å². The topological polar surface area (TPSA) is 61.4 Å². The number of hydrogen-bond acceptors (Lipinski definition) is 5. The van der Waals surface area contributed by atoms with E-state index in [-0.39, 0.29) is 5.91 Å². The number of hydrogen-bond donors (Lipinski definition) is 1. The molecule has 6 nitrogen and oxygen atoms in total. The minimum Gasteiger partial charge on any atom is -0.351 e. The SMILES string of the molecule is CCCN(CCC)c1ncc(C(=O)NCCN(C)C)cn1. The average Bonchev–Trinajstić information content (AvgIpc) is 2.47. The maximum Gasteiger partial charge on any atom is 0.254 e. The molecule has 0 aliphatic rings. The highest BCUT2D eigenvalue weighted by Gasteiger charge is 2.10. The predicted octanol–water partition coefficient (Wildman–Crippen LogP) is 1.39. The van der Waals surface area contributed by atoms with Crippen molar-refractivity contribution < 1.29 is 4.79 Å². The minimum atomic E-state index is -0.124. The van der Waals surface area contributed by atoms with Crippen LogP contribution in [0.4, 0.5) is 5.95 Å². The van der Waals surface area contributed by atoms with Gasteiger partial charge in [0.2, 0.25) is 5.95 Å². The van der Waals surface area contributed by atoms with E-state index in [1.54, 1.807) is 12.4 Å². The zero-order valence-electron chi connectivity index (χ0n) is 13.6. The molecule has 0 aliphatic heterocycles. The van der Waals surface area contributed by atoms with Crippen LogP contribution in [-0.2, 0) is 0 Å². The van der Waals surface area contributed by atoms with Crippen LogP contribution in [0.25, 0.3) is 0 Å². The van der Waals surface area contributed by atoms with Gasteiger partial charge in [0.05, 0.1) is 5.56 Å². The Morgan fingerprint density at radius 3 is 2.14 bits per heavy atom. The highest BCUT2D eigenvalue weighted by Crippen LogP contribution is 2.08.